The van der Waals surface area contributed by atoms with E-state index in [9.17, 15) is 4.79 Å². The zero-order chi connectivity index (χ0) is 15.9. The van der Waals surface area contributed by atoms with Gasteiger partial charge in [0.1, 0.15) is 0 Å². The molecule has 118 valence electrons. The standard InChI is InChI=1S/C18H24N2OS/c1-4-5-6-17(21)20-18-19-16(12-22-18)15-9-7-14(8-10-15)11-13(2)3/h7-10,12-13H,4-6,11H2,1-3H3,(H,19,20,21). The largest absolute Gasteiger partial charge is 0.302 e. The van der Waals surface area contributed by atoms with Gasteiger partial charge in [-0.15, -0.1) is 11.3 Å². The number of nitrogens with zero attached hydrogens (tertiary/aromatic N) is 1. The van der Waals surface area contributed by atoms with Crippen molar-refractivity contribution in [2.75, 3.05) is 5.32 Å². The first-order valence-electron chi connectivity index (χ1n) is 7.93. The quantitative estimate of drug-likeness (QED) is 0.768. The average molecular weight is 316 g/mol. The van der Waals surface area contributed by atoms with Gasteiger partial charge < -0.3 is 5.32 Å². The highest BCUT2D eigenvalue weighted by atomic mass is 32.1. The van der Waals surface area contributed by atoms with Crippen molar-refractivity contribution in [3.8, 4) is 11.3 Å². The predicted octanol–water partition coefficient (Wildman–Crippen LogP) is 5.14. The van der Waals surface area contributed by atoms with E-state index in [1.165, 1.54) is 16.9 Å². The summed E-state index contributed by atoms with van der Waals surface area (Å²) in [5.74, 6) is 0.713. The number of anilines is 1. The molecule has 0 bridgehead atoms. The fraction of sp³-hybridized carbons (Fsp3) is 0.444. The first-order valence-corrected chi connectivity index (χ1v) is 8.81. The van der Waals surface area contributed by atoms with Crippen LogP contribution in [0.25, 0.3) is 11.3 Å². The fourth-order valence-corrected chi connectivity index (χ4v) is 3.00. The number of amides is 1. The fourth-order valence-electron chi connectivity index (χ4n) is 2.27. The molecule has 1 amide bonds. The van der Waals surface area contributed by atoms with Gasteiger partial charge in [-0.25, -0.2) is 4.98 Å². The molecule has 1 aromatic heterocycles. The summed E-state index contributed by atoms with van der Waals surface area (Å²) in [6.07, 6.45) is 3.60. The third kappa shape index (κ3) is 4.95. The smallest absolute Gasteiger partial charge is 0.226 e. The molecule has 0 unspecified atom stereocenters. The molecule has 0 radical (unpaired) electrons. The highest BCUT2D eigenvalue weighted by molar-refractivity contribution is 7.14. The van der Waals surface area contributed by atoms with Crippen molar-refractivity contribution in [3.63, 3.8) is 0 Å². The number of unbranched alkanes of at least 4 members (excludes halogenated alkanes) is 1. The number of hydrogen-bond donors (Lipinski definition) is 1. The molecule has 0 spiro atoms. The van der Waals surface area contributed by atoms with Crippen LogP contribution in [0, 0.1) is 5.92 Å². The van der Waals surface area contributed by atoms with Crippen molar-refractivity contribution < 1.29 is 4.79 Å². The maximum Gasteiger partial charge on any atom is 0.226 e. The normalized spacial score (nSPS) is 10.9. The molecule has 1 aromatic carbocycles. The molecule has 2 aromatic rings. The van der Waals surface area contributed by atoms with Gasteiger partial charge in [-0.1, -0.05) is 51.5 Å². The Balaban J connectivity index is 2.00. The van der Waals surface area contributed by atoms with Crippen molar-refractivity contribution in [1.82, 2.24) is 4.98 Å². The Morgan fingerprint density at radius 1 is 1.27 bits per heavy atom. The van der Waals surface area contributed by atoms with Gasteiger partial charge in [0.25, 0.3) is 0 Å². The molecule has 0 saturated carbocycles. The van der Waals surface area contributed by atoms with Crippen LogP contribution in [-0.2, 0) is 11.2 Å². The monoisotopic (exact) mass is 316 g/mol. The number of carbonyl (C=O) groups excluding carboxylic acids is 1. The van der Waals surface area contributed by atoms with Crippen LogP contribution in [0.4, 0.5) is 5.13 Å². The molecule has 0 aliphatic rings. The summed E-state index contributed by atoms with van der Waals surface area (Å²) in [6, 6.07) is 8.53. The third-order valence-corrected chi connectivity index (χ3v) is 4.16. The summed E-state index contributed by atoms with van der Waals surface area (Å²) in [4.78, 5) is 16.2. The van der Waals surface area contributed by atoms with Crippen LogP contribution in [0.3, 0.4) is 0 Å². The molecular formula is C18H24N2OS. The minimum absolute atomic E-state index is 0.0510. The van der Waals surface area contributed by atoms with Gasteiger partial charge in [0.2, 0.25) is 5.91 Å². The summed E-state index contributed by atoms with van der Waals surface area (Å²) in [5.41, 5.74) is 3.37. The van der Waals surface area contributed by atoms with Crippen molar-refractivity contribution in [2.45, 2.75) is 46.5 Å². The number of thiazole rings is 1. The van der Waals surface area contributed by atoms with Gasteiger partial charge in [0.15, 0.2) is 5.13 Å². The van der Waals surface area contributed by atoms with Crippen LogP contribution in [0.5, 0.6) is 0 Å². The Morgan fingerprint density at radius 3 is 2.64 bits per heavy atom. The van der Waals surface area contributed by atoms with E-state index in [1.54, 1.807) is 0 Å². The molecule has 0 aliphatic carbocycles. The van der Waals surface area contributed by atoms with Crippen LogP contribution in [0.2, 0.25) is 0 Å². The SMILES string of the molecule is CCCCC(=O)Nc1nc(-c2ccc(CC(C)C)cc2)cs1. The summed E-state index contributed by atoms with van der Waals surface area (Å²) < 4.78 is 0. The van der Waals surface area contributed by atoms with Gasteiger partial charge in [-0.2, -0.15) is 0 Å². The topological polar surface area (TPSA) is 42.0 Å². The van der Waals surface area contributed by atoms with Crippen LogP contribution < -0.4 is 5.32 Å². The van der Waals surface area contributed by atoms with E-state index in [0.717, 1.165) is 30.5 Å². The van der Waals surface area contributed by atoms with Gasteiger partial charge in [0.05, 0.1) is 5.69 Å². The summed E-state index contributed by atoms with van der Waals surface area (Å²) in [7, 11) is 0. The number of aromatic nitrogens is 1. The molecule has 0 atom stereocenters. The van der Waals surface area contributed by atoms with Crippen LogP contribution in [-0.4, -0.2) is 10.9 Å². The van der Waals surface area contributed by atoms with Crippen molar-refractivity contribution >= 4 is 22.4 Å². The van der Waals surface area contributed by atoms with Gasteiger partial charge in [-0.3, -0.25) is 4.79 Å². The Labute approximate surface area is 136 Å². The molecule has 22 heavy (non-hydrogen) atoms. The first-order chi connectivity index (χ1) is 10.6. The highest BCUT2D eigenvalue weighted by Gasteiger charge is 2.08. The first kappa shape index (κ1) is 16.7. The minimum Gasteiger partial charge on any atom is -0.302 e. The van der Waals surface area contributed by atoms with Crippen LogP contribution >= 0.6 is 11.3 Å². The second-order valence-corrected chi connectivity index (χ2v) is 6.84. The molecule has 2 rings (SSSR count). The van der Waals surface area contributed by atoms with E-state index in [4.69, 9.17) is 0 Å². The number of benzene rings is 1. The summed E-state index contributed by atoms with van der Waals surface area (Å²) >= 11 is 1.48. The molecular weight excluding hydrogens is 292 g/mol. The minimum atomic E-state index is 0.0510. The molecule has 1 N–H and O–H groups in total. The number of rotatable bonds is 7. The van der Waals surface area contributed by atoms with E-state index >= 15 is 0 Å². The molecule has 0 aliphatic heterocycles. The van der Waals surface area contributed by atoms with E-state index in [0.29, 0.717) is 17.5 Å². The Morgan fingerprint density at radius 2 is 2.00 bits per heavy atom. The lowest BCUT2D eigenvalue weighted by Crippen LogP contribution is -2.10. The number of hydrogen-bond acceptors (Lipinski definition) is 3. The second kappa shape index (κ2) is 8.08. The van der Waals surface area contributed by atoms with Crippen molar-refractivity contribution in [1.29, 1.82) is 0 Å². The third-order valence-electron chi connectivity index (χ3n) is 3.40. The maximum absolute atomic E-state index is 11.7. The van der Waals surface area contributed by atoms with Gasteiger partial charge in [-0.05, 0) is 24.3 Å². The van der Waals surface area contributed by atoms with Crippen molar-refractivity contribution in [2.24, 2.45) is 5.92 Å². The van der Waals surface area contributed by atoms with E-state index in [1.807, 2.05) is 5.38 Å². The molecule has 4 heteroatoms. The molecule has 1 heterocycles. The maximum atomic E-state index is 11.7. The second-order valence-electron chi connectivity index (χ2n) is 5.98. The zero-order valence-electron chi connectivity index (χ0n) is 13.6. The lowest BCUT2D eigenvalue weighted by molar-refractivity contribution is -0.116. The Hall–Kier alpha value is -1.68. The van der Waals surface area contributed by atoms with Crippen LogP contribution in [0.15, 0.2) is 29.6 Å². The zero-order valence-corrected chi connectivity index (χ0v) is 14.4. The lowest BCUT2D eigenvalue weighted by Gasteiger charge is -2.05. The summed E-state index contributed by atoms with van der Waals surface area (Å²) in [5, 5.41) is 5.55. The lowest BCUT2D eigenvalue weighted by atomic mass is 10.0. The van der Waals surface area contributed by atoms with Gasteiger partial charge >= 0.3 is 0 Å². The molecule has 0 saturated heterocycles. The Kier molecular flexibility index (Phi) is 6.13. The van der Waals surface area contributed by atoms with E-state index in [-0.39, 0.29) is 5.91 Å². The predicted molar refractivity (Wildman–Crippen MR) is 94.2 cm³/mol. The molecule has 3 nitrogen and oxygen atoms in total. The Bertz CT molecular complexity index is 602. The van der Waals surface area contributed by atoms with E-state index < -0.39 is 0 Å². The average Bonchev–Trinajstić information content (AvgIpc) is 2.93. The van der Waals surface area contributed by atoms with Gasteiger partial charge in [0, 0.05) is 17.4 Å². The van der Waals surface area contributed by atoms with Crippen molar-refractivity contribution in [3.05, 3.63) is 35.2 Å². The number of carbonyl (C=O) groups is 1. The number of nitrogens with one attached hydrogen (secondary N) is 1. The summed E-state index contributed by atoms with van der Waals surface area (Å²) in [6.45, 7) is 6.53. The molecule has 0 fully saturated rings. The van der Waals surface area contributed by atoms with Crippen LogP contribution in [0.1, 0.15) is 45.6 Å². The highest BCUT2D eigenvalue weighted by Crippen LogP contribution is 2.25. The van der Waals surface area contributed by atoms with E-state index in [2.05, 4.69) is 55.3 Å².